The first kappa shape index (κ1) is 11.8. The molecule has 0 amide bonds. The molecule has 0 saturated carbocycles. The van der Waals surface area contributed by atoms with Gasteiger partial charge in [-0.05, 0) is 19.3 Å². The first-order chi connectivity index (χ1) is 8.04. The summed E-state index contributed by atoms with van der Waals surface area (Å²) in [4.78, 5) is 25.7. The van der Waals surface area contributed by atoms with Gasteiger partial charge in [0.25, 0.3) is 5.56 Å². The molecule has 1 aliphatic rings. The largest absolute Gasteiger partial charge is 0.391 e. The van der Waals surface area contributed by atoms with E-state index in [9.17, 15) is 9.59 Å². The van der Waals surface area contributed by atoms with Crippen LogP contribution in [-0.4, -0.2) is 22.2 Å². The predicted molar refractivity (Wildman–Crippen MR) is 67.4 cm³/mol. The number of nitrogens with zero attached hydrogens (tertiary/aromatic N) is 3. The molecule has 1 aromatic heterocycles. The van der Waals surface area contributed by atoms with Gasteiger partial charge in [-0.3, -0.25) is 13.9 Å². The van der Waals surface area contributed by atoms with E-state index < -0.39 is 5.56 Å². The van der Waals surface area contributed by atoms with Crippen LogP contribution in [0.4, 0.5) is 11.5 Å². The van der Waals surface area contributed by atoms with E-state index in [0.717, 1.165) is 30.5 Å². The highest BCUT2D eigenvalue weighted by atomic mass is 16.2. The molecule has 0 unspecified atom stereocenters. The minimum Gasteiger partial charge on any atom is -0.391 e. The van der Waals surface area contributed by atoms with Gasteiger partial charge in [0.2, 0.25) is 0 Å². The van der Waals surface area contributed by atoms with Gasteiger partial charge in [0.15, 0.2) is 0 Å². The number of nitrogens with two attached hydrogens (primary N) is 1. The molecule has 1 aliphatic heterocycles. The Balaban J connectivity index is 2.61. The van der Waals surface area contributed by atoms with Crippen molar-refractivity contribution in [2.75, 3.05) is 23.7 Å². The van der Waals surface area contributed by atoms with Crippen LogP contribution in [0.15, 0.2) is 9.59 Å². The molecule has 2 N–H and O–H groups in total. The fourth-order valence-corrected chi connectivity index (χ4v) is 2.35. The molecule has 94 valence electrons. The molecule has 0 bridgehead atoms. The van der Waals surface area contributed by atoms with Gasteiger partial charge < -0.3 is 10.6 Å². The molecule has 17 heavy (non-hydrogen) atoms. The van der Waals surface area contributed by atoms with Crippen molar-refractivity contribution < 1.29 is 0 Å². The number of rotatable bonds is 1. The summed E-state index contributed by atoms with van der Waals surface area (Å²) in [6, 6.07) is 0. The Hall–Kier alpha value is -1.72. The molecule has 6 nitrogen and oxygen atoms in total. The van der Waals surface area contributed by atoms with Crippen molar-refractivity contribution in [3.05, 3.63) is 20.8 Å². The Morgan fingerprint density at radius 3 is 2.18 bits per heavy atom. The Bertz CT molecular complexity index is 500. The van der Waals surface area contributed by atoms with Crippen LogP contribution < -0.4 is 21.9 Å². The van der Waals surface area contributed by atoms with Crippen molar-refractivity contribution in [2.24, 2.45) is 14.1 Å². The van der Waals surface area contributed by atoms with E-state index in [1.165, 1.54) is 18.0 Å². The van der Waals surface area contributed by atoms with Crippen LogP contribution in [0.1, 0.15) is 19.3 Å². The minimum atomic E-state index is -0.409. The summed E-state index contributed by atoms with van der Waals surface area (Å²) in [5.74, 6) is 0.567. The third kappa shape index (κ3) is 1.83. The average Bonchev–Trinajstić information content (AvgIpc) is 2.36. The Kier molecular flexibility index (Phi) is 2.95. The van der Waals surface area contributed by atoms with E-state index in [1.54, 1.807) is 7.05 Å². The minimum absolute atomic E-state index is 0.163. The van der Waals surface area contributed by atoms with Gasteiger partial charge in [-0.25, -0.2) is 4.79 Å². The van der Waals surface area contributed by atoms with Crippen molar-refractivity contribution in [1.82, 2.24) is 9.13 Å². The Morgan fingerprint density at radius 1 is 1.00 bits per heavy atom. The molecule has 2 heterocycles. The van der Waals surface area contributed by atoms with Crippen LogP contribution in [0.2, 0.25) is 0 Å². The maximum Gasteiger partial charge on any atom is 0.332 e. The van der Waals surface area contributed by atoms with Crippen molar-refractivity contribution in [3.8, 4) is 0 Å². The van der Waals surface area contributed by atoms with Crippen LogP contribution in [0.25, 0.3) is 0 Å². The lowest BCUT2D eigenvalue weighted by molar-refractivity contribution is 0.557. The fraction of sp³-hybridized carbons (Fsp3) is 0.636. The fourth-order valence-electron chi connectivity index (χ4n) is 2.35. The second kappa shape index (κ2) is 4.27. The second-order valence-electron chi connectivity index (χ2n) is 4.49. The van der Waals surface area contributed by atoms with Crippen molar-refractivity contribution in [3.63, 3.8) is 0 Å². The van der Waals surface area contributed by atoms with E-state index in [2.05, 4.69) is 0 Å². The summed E-state index contributed by atoms with van der Waals surface area (Å²) in [6.07, 6.45) is 3.33. The summed E-state index contributed by atoms with van der Waals surface area (Å²) >= 11 is 0. The molecule has 1 saturated heterocycles. The monoisotopic (exact) mass is 238 g/mol. The van der Waals surface area contributed by atoms with Crippen LogP contribution in [0, 0.1) is 0 Å². The Morgan fingerprint density at radius 2 is 1.59 bits per heavy atom. The van der Waals surface area contributed by atoms with Crippen LogP contribution >= 0.6 is 0 Å². The van der Waals surface area contributed by atoms with Gasteiger partial charge in [-0.15, -0.1) is 0 Å². The van der Waals surface area contributed by atoms with Gasteiger partial charge in [-0.1, -0.05) is 0 Å². The first-order valence-electron chi connectivity index (χ1n) is 5.84. The average molecular weight is 238 g/mol. The molecule has 2 rings (SSSR count). The number of piperidine rings is 1. The zero-order chi connectivity index (χ0) is 12.6. The first-order valence-corrected chi connectivity index (χ1v) is 5.84. The molecule has 0 radical (unpaired) electrons. The zero-order valence-electron chi connectivity index (χ0n) is 10.3. The van der Waals surface area contributed by atoms with Gasteiger partial charge in [0, 0.05) is 27.2 Å². The van der Waals surface area contributed by atoms with Gasteiger partial charge in [-0.2, -0.15) is 0 Å². The summed E-state index contributed by atoms with van der Waals surface area (Å²) in [7, 11) is 3.10. The molecule has 0 aromatic carbocycles. The SMILES string of the molecule is Cn1c(N2CCCCC2)c(N)c(=O)n(C)c1=O. The van der Waals surface area contributed by atoms with Gasteiger partial charge in [0.05, 0.1) is 0 Å². The maximum atomic E-state index is 11.8. The highest BCUT2D eigenvalue weighted by Gasteiger charge is 2.20. The van der Waals surface area contributed by atoms with Gasteiger partial charge >= 0.3 is 5.69 Å². The van der Waals surface area contributed by atoms with Crippen molar-refractivity contribution in [1.29, 1.82) is 0 Å². The molecule has 1 fully saturated rings. The van der Waals surface area contributed by atoms with Crippen LogP contribution in [-0.2, 0) is 14.1 Å². The smallest absolute Gasteiger partial charge is 0.332 e. The molecule has 0 spiro atoms. The number of aromatic nitrogens is 2. The van der Waals surface area contributed by atoms with Crippen molar-refractivity contribution in [2.45, 2.75) is 19.3 Å². The zero-order valence-corrected chi connectivity index (χ0v) is 10.3. The predicted octanol–water partition coefficient (Wildman–Crippen LogP) is -0.343. The molecule has 0 atom stereocenters. The third-order valence-electron chi connectivity index (χ3n) is 3.32. The number of hydrogen-bond donors (Lipinski definition) is 1. The van der Waals surface area contributed by atoms with E-state index in [1.807, 2.05) is 4.90 Å². The van der Waals surface area contributed by atoms with E-state index in [-0.39, 0.29) is 11.4 Å². The summed E-state index contributed by atoms with van der Waals surface area (Å²) < 4.78 is 2.50. The third-order valence-corrected chi connectivity index (χ3v) is 3.32. The second-order valence-corrected chi connectivity index (χ2v) is 4.49. The highest BCUT2D eigenvalue weighted by Crippen LogP contribution is 2.21. The van der Waals surface area contributed by atoms with Gasteiger partial charge in [0.1, 0.15) is 11.5 Å². The standard InChI is InChI=1S/C11H18N4O2/c1-13-9(15-6-4-3-5-7-15)8(12)10(16)14(2)11(13)17/h3-7,12H2,1-2H3. The molecular formula is C11H18N4O2. The topological polar surface area (TPSA) is 73.3 Å². The molecule has 0 aliphatic carbocycles. The highest BCUT2D eigenvalue weighted by molar-refractivity contribution is 5.62. The van der Waals surface area contributed by atoms with Crippen molar-refractivity contribution >= 4 is 11.5 Å². The van der Waals surface area contributed by atoms with E-state index >= 15 is 0 Å². The number of anilines is 2. The quantitative estimate of drug-likeness (QED) is 0.726. The lowest BCUT2D eigenvalue weighted by Crippen LogP contribution is -2.43. The maximum absolute atomic E-state index is 11.8. The molecule has 1 aromatic rings. The van der Waals surface area contributed by atoms with Crippen LogP contribution in [0.5, 0.6) is 0 Å². The summed E-state index contributed by atoms with van der Waals surface area (Å²) in [5.41, 5.74) is 5.28. The lowest BCUT2D eigenvalue weighted by Gasteiger charge is -2.30. The number of hydrogen-bond acceptors (Lipinski definition) is 4. The summed E-state index contributed by atoms with van der Waals surface area (Å²) in [5, 5.41) is 0. The Labute approximate surface area is 99.3 Å². The summed E-state index contributed by atoms with van der Waals surface area (Å²) in [6.45, 7) is 1.70. The normalized spacial score (nSPS) is 16.2. The van der Waals surface area contributed by atoms with E-state index in [0.29, 0.717) is 5.82 Å². The number of nitrogen functional groups attached to an aromatic ring is 1. The van der Waals surface area contributed by atoms with E-state index in [4.69, 9.17) is 5.73 Å². The van der Waals surface area contributed by atoms with Crippen LogP contribution in [0.3, 0.4) is 0 Å². The molecular weight excluding hydrogens is 220 g/mol. The lowest BCUT2D eigenvalue weighted by atomic mass is 10.1. The molecule has 6 heteroatoms.